The van der Waals surface area contributed by atoms with Crippen molar-refractivity contribution in [1.29, 1.82) is 0 Å². The third-order valence-electron chi connectivity index (χ3n) is 3.45. The van der Waals surface area contributed by atoms with Crippen molar-refractivity contribution in [3.8, 4) is 0 Å². The molecule has 0 amide bonds. The molecule has 0 fully saturated rings. The van der Waals surface area contributed by atoms with Gasteiger partial charge in [0.25, 0.3) is 0 Å². The molecule has 1 heterocycles. The van der Waals surface area contributed by atoms with Crippen molar-refractivity contribution in [2.45, 2.75) is 52.4 Å². The Bertz CT molecular complexity index is 413. The number of nitrogens with zero attached hydrogens (tertiary/aromatic N) is 2. The molecule has 92 valence electrons. The fraction of sp³-hybridized carbons (Fsp3) is 0.643. The van der Waals surface area contributed by atoms with Gasteiger partial charge >= 0.3 is 0 Å². The molecule has 2 rings (SSSR count). The Labute approximate surface area is 103 Å². The van der Waals surface area contributed by atoms with Crippen molar-refractivity contribution in [2.75, 3.05) is 0 Å². The van der Waals surface area contributed by atoms with Crippen LogP contribution in [-0.2, 0) is 24.1 Å². The Morgan fingerprint density at radius 3 is 2.76 bits per heavy atom. The van der Waals surface area contributed by atoms with Gasteiger partial charge in [0.2, 0.25) is 0 Å². The average Bonchev–Trinajstić information content (AvgIpc) is 2.54. The third kappa shape index (κ3) is 2.90. The highest BCUT2D eigenvalue weighted by molar-refractivity contribution is 5.82. The molecule has 1 aliphatic rings. The van der Waals surface area contributed by atoms with Gasteiger partial charge in [0.1, 0.15) is 12.1 Å². The molecule has 0 aliphatic heterocycles. The number of hydrogen-bond acceptors (Lipinski definition) is 3. The van der Waals surface area contributed by atoms with E-state index in [2.05, 4.69) is 9.97 Å². The van der Waals surface area contributed by atoms with Crippen LogP contribution in [0.15, 0.2) is 6.33 Å². The number of fused-ring (bicyclic) bond motifs is 1. The molecule has 1 aliphatic carbocycles. The second-order valence-corrected chi connectivity index (χ2v) is 5.10. The van der Waals surface area contributed by atoms with Gasteiger partial charge in [0, 0.05) is 18.0 Å². The first-order valence-electron chi connectivity index (χ1n) is 6.53. The van der Waals surface area contributed by atoms with E-state index >= 15 is 0 Å². The highest BCUT2D eigenvalue weighted by Crippen LogP contribution is 2.21. The summed E-state index contributed by atoms with van der Waals surface area (Å²) in [6.45, 7) is 3.89. The van der Waals surface area contributed by atoms with E-state index in [0.717, 1.165) is 18.5 Å². The van der Waals surface area contributed by atoms with Crippen molar-refractivity contribution in [2.24, 2.45) is 5.92 Å². The van der Waals surface area contributed by atoms with Crippen molar-refractivity contribution in [1.82, 2.24) is 9.97 Å². The molecule has 1 aromatic rings. The van der Waals surface area contributed by atoms with Crippen LogP contribution in [0, 0.1) is 5.92 Å². The predicted octanol–water partition coefficient (Wildman–Crippen LogP) is 2.51. The Hall–Kier alpha value is -1.25. The lowest BCUT2D eigenvalue weighted by molar-refractivity contribution is -0.121. The van der Waals surface area contributed by atoms with Crippen molar-refractivity contribution in [3.05, 3.63) is 23.3 Å². The van der Waals surface area contributed by atoms with Crippen molar-refractivity contribution in [3.63, 3.8) is 0 Å². The Kier molecular flexibility index (Phi) is 3.87. The van der Waals surface area contributed by atoms with Gasteiger partial charge < -0.3 is 0 Å². The van der Waals surface area contributed by atoms with Crippen molar-refractivity contribution < 1.29 is 4.79 Å². The fourth-order valence-electron chi connectivity index (χ4n) is 2.29. The van der Waals surface area contributed by atoms with Gasteiger partial charge in [-0.3, -0.25) is 4.79 Å². The second kappa shape index (κ2) is 5.39. The SMILES string of the molecule is CC(C)C(=O)Cc1ncnc2c1CCCCC2. The number of rotatable bonds is 3. The number of Topliss-reactive ketones (excluding diaryl/α,β-unsaturated/α-hetero) is 1. The number of ketones is 1. The molecular weight excluding hydrogens is 212 g/mol. The van der Waals surface area contributed by atoms with E-state index in [1.54, 1.807) is 6.33 Å². The number of aryl methyl sites for hydroxylation is 1. The van der Waals surface area contributed by atoms with Gasteiger partial charge in [-0.15, -0.1) is 0 Å². The van der Waals surface area contributed by atoms with Gasteiger partial charge in [-0.25, -0.2) is 9.97 Å². The van der Waals surface area contributed by atoms with Crippen molar-refractivity contribution >= 4 is 5.78 Å². The molecule has 0 unspecified atom stereocenters. The van der Waals surface area contributed by atoms with Gasteiger partial charge in [-0.1, -0.05) is 20.3 Å². The molecule has 0 atom stereocenters. The van der Waals surface area contributed by atoms with Crippen LogP contribution < -0.4 is 0 Å². The molecular formula is C14H20N2O. The topological polar surface area (TPSA) is 42.9 Å². The fourth-order valence-corrected chi connectivity index (χ4v) is 2.29. The third-order valence-corrected chi connectivity index (χ3v) is 3.45. The lowest BCUT2D eigenvalue weighted by Crippen LogP contribution is -2.14. The summed E-state index contributed by atoms with van der Waals surface area (Å²) in [6.07, 6.45) is 7.84. The minimum atomic E-state index is 0.0893. The van der Waals surface area contributed by atoms with E-state index < -0.39 is 0 Å². The van der Waals surface area contributed by atoms with Crippen LogP contribution in [0.4, 0.5) is 0 Å². The maximum atomic E-state index is 11.8. The minimum Gasteiger partial charge on any atom is -0.299 e. The summed E-state index contributed by atoms with van der Waals surface area (Å²) in [5, 5.41) is 0. The molecule has 0 saturated heterocycles. The first kappa shape index (κ1) is 12.2. The van der Waals surface area contributed by atoms with Crippen LogP contribution >= 0.6 is 0 Å². The number of carbonyl (C=O) groups excluding carboxylic acids is 1. The standard InChI is InChI=1S/C14H20N2O/c1-10(2)14(17)8-13-11-6-4-3-5-7-12(11)15-9-16-13/h9-10H,3-8H2,1-2H3. The highest BCUT2D eigenvalue weighted by Gasteiger charge is 2.17. The van der Waals surface area contributed by atoms with E-state index in [9.17, 15) is 4.79 Å². The molecule has 17 heavy (non-hydrogen) atoms. The van der Waals surface area contributed by atoms with Crippen LogP contribution in [0.1, 0.15) is 50.1 Å². The quantitative estimate of drug-likeness (QED) is 0.752. The molecule has 0 bridgehead atoms. The van der Waals surface area contributed by atoms with Gasteiger partial charge in [-0.2, -0.15) is 0 Å². The Balaban J connectivity index is 2.25. The molecule has 3 nitrogen and oxygen atoms in total. The summed E-state index contributed by atoms with van der Waals surface area (Å²) in [5.74, 6) is 0.363. The molecule has 3 heteroatoms. The van der Waals surface area contributed by atoms with E-state index in [-0.39, 0.29) is 11.7 Å². The van der Waals surface area contributed by atoms with Crippen LogP contribution in [0.25, 0.3) is 0 Å². The monoisotopic (exact) mass is 232 g/mol. The van der Waals surface area contributed by atoms with Gasteiger partial charge in [0.05, 0.1) is 5.69 Å². The summed E-state index contributed by atoms with van der Waals surface area (Å²) < 4.78 is 0. The zero-order valence-electron chi connectivity index (χ0n) is 10.7. The second-order valence-electron chi connectivity index (χ2n) is 5.10. The van der Waals surface area contributed by atoms with Crippen LogP contribution in [0.2, 0.25) is 0 Å². The number of carbonyl (C=O) groups is 1. The first-order valence-corrected chi connectivity index (χ1v) is 6.53. The first-order chi connectivity index (χ1) is 8.18. The molecule has 0 spiro atoms. The van der Waals surface area contributed by atoms with Crippen LogP contribution in [0.3, 0.4) is 0 Å². The number of hydrogen-bond donors (Lipinski definition) is 0. The van der Waals surface area contributed by atoms with Gasteiger partial charge in [-0.05, 0) is 31.2 Å². The molecule has 1 aromatic heterocycles. The normalized spacial score (nSPS) is 15.5. The van der Waals surface area contributed by atoms with Crippen LogP contribution in [0.5, 0.6) is 0 Å². The maximum absolute atomic E-state index is 11.8. The predicted molar refractivity (Wildman–Crippen MR) is 66.8 cm³/mol. The summed E-state index contributed by atoms with van der Waals surface area (Å²) >= 11 is 0. The smallest absolute Gasteiger partial charge is 0.141 e. The average molecular weight is 232 g/mol. The zero-order chi connectivity index (χ0) is 12.3. The molecule has 0 saturated carbocycles. The van der Waals surface area contributed by atoms with E-state index in [4.69, 9.17) is 0 Å². The summed E-state index contributed by atoms with van der Waals surface area (Å²) in [7, 11) is 0. The molecule has 0 aromatic carbocycles. The van der Waals surface area contributed by atoms with E-state index in [0.29, 0.717) is 6.42 Å². The van der Waals surface area contributed by atoms with Gasteiger partial charge in [0.15, 0.2) is 0 Å². The Morgan fingerprint density at radius 1 is 1.24 bits per heavy atom. The summed E-state index contributed by atoms with van der Waals surface area (Å²) in [6, 6.07) is 0. The Morgan fingerprint density at radius 2 is 2.00 bits per heavy atom. The summed E-state index contributed by atoms with van der Waals surface area (Å²) in [5.41, 5.74) is 3.39. The highest BCUT2D eigenvalue weighted by atomic mass is 16.1. The lowest BCUT2D eigenvalue weighted by atomic mass is 9.99. The minimum absolute atomic E-state index is 0.0893. The maximum Gasteiger partial charge on any atom is 0.141 e. The summed E-state index contributed by atoms with van der Waals surface area (Å²) in [4.78, 5) is 20.5. The van der Waals surface area contributed by atoms with E-state index in [1.165, 1.54) is 30.5 Å². The number of aromatic nitrogens is 2. The zero-order valence-corrected chi connectivity index (χ0v) is 10.7. The van der Waals surface area contributed by atoms with Crippen LogP contribution in [-0.4, -0.2) is 15.8 Å². The molecule has 0 N–H and O–H groups in total. The van der Waals surface area contributed by atoms with E-state index in [1.807, 2.05) is 13.8 Å². The lowest BCUT2D eigenvalue weighted by Gasteiger charge is -2.10. The molecule has 0 radical (unpaired) electrons. The largest absolute Gasteiger partial charge is 0.299 e.